The maximum atomic E-state index is 13.5. The Morgan fingerprint density at radius 2 is 1.72 bits per heavy atom. The molecule has 2 N–H and O–H groups in total. The predicted molar refractivity (Wildman–Crippen MR) is 140 cm³/mol. The zero-order chi connectivity index (χ0) is 24.7. The van der Waals surface area contributed by atoms with Crippen LogP contribution in [0.2, 0.25) is 0 Å². The zero-order valence-electron chi connectivity index (χ0n) is 21.6. The van der Waals surface area contributed by atoms with Gasteiger partial charge in [0.15, 0.2) is 5.69 Å². The summed E-state index contributed by atoms with van der Waals surface area (Å²) in [6.45, 7) is 4.04. The summed E-state index contributed by atoms with van der Waals surface area (Å²) < 4.78 is 7.98. The SMILES string of the molecule is NC1CCC(n2cc(C(=O)N3CCCCN4CCCCC4CCc4cccc(c4)OCC3)nn2)CC1. The summed E-state index contributed by atoms with van der Waals surface area (Å²) in [6, 6.07) is 9.71. The van der Waals surface area contributed by atoms with Crippen LogP contribution >= 0.6 is 0 Å². The molecule has 2 aliphatic heterocycles. The number of carbonyl (C=O) groups is 1. The van der Waals surface area contributed by atoms with E-state index in [0.717, 1.165) is 57.2 Å². The Kier molecular flexibility index (Phi) is 8.54. The van der Waals surface area contributed by atoms with Gasteiger partial charge in [-0.15, -0.1) is 5.10 Å². The highest BCUT2D eigenvalue weighted by molar-refractivity contribution is 5.91. The van der Waals surface area contributed by atoms with E-state index in [2.05, 4.69) is 33.4 Å². The average molecular weight is 495 g/mol. The Balaban J connectivity index is 1.27. The fraction of sp³-hybridized carbons (Fsp3) is 0.679. The third-order valence-corrected chi connectivity index (χ3v) is 8.30. The van der Waals surface area contributed by atoms with Crippen molar-refractivity contribution in [1.29, 1.82) is 0 Å². The van der Waals surface area contributed by atoms with E-state index in [0.29, 0.717) is 31.4 Å². The minimum atomic E-state index is -0.0497. The normalized spacial score (nSPS) is 26.8. The van der Waals surface area contributed by atoms with Gasteiger partial charge in [0, 0.05) is 18.6 Å². The van der Waals surface area contributed by atoms with E-state index in [-0.39, 0.29) is 18.0 Å². The number of benzene rings is 1. The van der Waals surface area contributed by atoms with Crippen LogP contribution in [-0.4, -0.2) is 75.6 Å². The van der Waals surface area contributed by atoms with Gasteiger partial charge in [-0.3, -0.25) is 4.79 Å². The molecule has 1 unspecified atom stereocenters. The van der Waals surface area contributed by atoms with Gasteiger partial charge < -0.3 is 20.3 Å². The van der Waals surface area contributed by atoms with Gasteiger partial charge in [0.2, 0.25) is 0 Å². The second-order valence-electron chi connectivity index (χ2n) is 10.9. The van der Waals surface area contributed by atoms with Gasteiger partial charge in [-0.2, -0.15) is 0 Å². The molecule has 1 atom stereocenters. The number of amides is 1. The highest BCUT2D eigenvalue weighted by Crippen LogP contribution is 2.27. The molecule has 5 rings (SSSR count). The number of ether oxygens (including phenoxy) is 1. The van der Waals surface area contributed by atoms with Crippen molar-refractivity contribution in [2.24, 2.45) is 5.73 Å². The number of hydrogen-bond donors (Lipinski definition) is 1. The van der Waals surface area contributed by atoms with Crippen LogP contribution in [0.1, 0.15) is 86.3 Å². The number of aryl methyl sites for hydroxylation is 1. The first kappa shape index (κ1) is 25.2. The van der Waals surface area contributed by atoms with Crippen LogP contribution in [0.3, 0.4) is 0 Å². The number of rotatable bonds is 2. The number of fused-ring (bicyclic) bond motifs is 3. The fourth-order valence-corrected chi connectivity index (χ4v) is 6.09. The van der Waals surface area contributed by atoms with E-state index in [9.17, 15) is 4.79 Å². The van der Waals surface area contributed by atoms with Crippen LogP contribution in [0, 0.1) is 0 Å². The molecule has 36 heavy (non-hydrogen) atoms. The van der Waals surface area contributed by atoms with Gasteiger partial charge in [0.1, 0.15) is 12.4 Å². The molecule has 2 bridgehead atoms. The molecule has 2 fully saturated rings. The van der Waals surface area contributed by atoms with E-state index < -0.39 is 0 Å². The Morgan fingerprint density at radius 1 is 0.917 bits per heavy atom. The molecule has 0 radical (unpaired) electrons. The number of nitrogens with two attached hydrogens (primary N) is 1. The van der Waals surface area contributed by atoms with Crippen molar-refractivity contribution in [3.8, 4) is 5.75 Å². The molecule has 0 spiro atoms. The van der Waals surface area contributed by atoms with Crippen molar-refractivity contribution in [1.82, 2.24) is 24.8 Å². The second kappa shape index (κ2) is 12.2. The first-order valence-corrected chi connectivity index (χ1v) is 14.1. The van der Waals surface area contributed by atoms with Crippen LogP contribution in [0.5, 0.6) is 5.75 Å². The summed E-state index contributed by atoms with van der Waals surface area (Å²) in [6.07, 6.45) is 14.1. The maximum absolute atomic E-state index is 13.5. The molecule has 1 aromatic carbocycles. The van der Waals surface area contributed by atoms with E-state index in [1.165, 1.54) is 37.8 Å². The summed E-state index contributed by atoms with van der Waals surface area (Å²) in [5.41, 5.74) is 7.83. The Morgan fingerprint density at radius 3 is 2.58 bits per heavy atom. The molecule has 1 saturated heterocycles. The molecule has 8 nitrogen and oxygen atoms in total. The molecule has 1 aliphatic carbocycles. The lowest BCUT2D eigenvalue weighted by molar-refractivity contribution is 0.0715. The Hall–Kier alpha value is -2.45. The minimum Gasteiger partial charge on any atom is -0.492 e. The molecule has 8 heteroatoms. The number of aromatic nitrogens is 3. The molecule has 1 saturated carbocycles. The largest absolute Gasteiger partial charge is 0.492 e. The summed E-state index contributed by atoms with van der Waals surface area (Å²) in [5, 5.41) is 8.59. The van der Waals surface area contributed by atoms with E-state index >= 15 is 0 Å². The molecule has 2 aromatic rings. The van der Waals surface area contributed by atoms with Gasteiger partial charge in [-0.1, -0.05) is 23.8 Å². The highest BCUT2D eigenvalue weighted by atomic mass is 16.5. The predicted octanol–water partition coefficient (Wildman–Crippen LogP) is 3.82. The highest BCUT2D eigenvalue weighted by Gasteiger charge is 2.25. The molecule has 1 aromatic heterocycles. The van der Waals surface area contributed by atoms with Crippen molar-refractivity contribution in [2.75, 3.05) is 32.8 Å². The Bertz CT molecular complexity index is 986. The average Bonchev–Trinajstić information content (AvgIpc) is 3.39. The van der Waals surface area contributed by atoms with E-state index in [4.69, 9.17) is 10.5 Å². The van der Waals surface area contributed by atoms with E-state index in [1.54, 1.807) is 0 Å². The number of carbonyl (C=O) groups excluding carboxylic acids is 1. The molecular formula is C28H42N6O2. The van der Waals surface area contributed by atoms with Gasteiger partial charge in [-0.05, 0) is 95.0 Å². The quantitative estimate of drug-likeness (QED) is 0.683. The van der Waals surface area contributed by atoms with E-state index in [1.807, 2.05) is 21.8 Å². The second-order valence-corrected chi connectivity index (χ2v) is 10.9. The standard InChI is InChI=1S/C28H42N6O2/c29-23-10-13-25(14-11-23)34-21-27(30-31-34)28(35)33-17-4-3-16-32-15-2-1-7-24(32)12-9-22-6-5-8-26(20-22)36-19-18-33/h5-6,8,20-21,23-25H,1-4,7,9-19,29H2. The van der Waals surface area contributed by atoms with Crippen molar-refractivity contribution in [2.45, 2.75) is 88.8 Å². The van der Waals surface area contributed by atoms with Crippen LogP contribution in [0.25, 0.3) is 0 Å². The summed E-state index contributed by atoms with van der Waals surface area (Å²) in [7, 11) is 0. The molecule has 3 aliphatic rings. The monoisotopic (exact) mass is 494 g/mol. The van der Waals surface area contributed by atoms with Crippen LogP contribution in [0.4, 0.5) is 0 Å². The van der Waals surface area contributed by atoms with Gasteiger partial charge in [0.05, 0.1) is 18.8 Å². The first-order valence-electron chi connectivity index (χ1n) is 14.1. The van der Waals surface area contributed by atoms with Crippen molar-refractivity contribution in [3.63, 3.8) is 0 Å². The smallest absolute Gasteiger partial charge is 0.276 e. The summed E-state index contributed by atoms with van der Waals surface area (Å²) >= 11 is 0. The van der Waals surface area contributed by atoms with Gasteiger partial charge in [-0.25, -0.2) is 4.68 Å². The summed E-state index contributed by atoms with van der Waals surface area (Å²) in [4.78, 5) is 18.1. The lowest BCUT2D eigenvalue weighted by Gasteiger charge is -2.36. The number of hydrogen-bond acceptors (Lipinski definition) is 6. The van der Waals surface area contributed by atoms with Gasteiger partial charge in [0.25, 0.3) is 5.91 Å². The third-order valence-electron chi connectivity index (χ3n) is 8.30. The molecule has 1 amide bonds. The van der Waals surface area contributed by atoms with Crippen molar-refractivity contribution >= 4 is 5.91 Å². The zero-order valence-corrected chi connectivity index (χ0v) is 21.6. The molecular weight excluding hydrogens is 452 g/mol. The lowest BCUT2D eigenvalue weighted by Crippen LogP contribution is -2.41. The summed E-state index contributed by atoms with van der Waals surface area (Å²) in [5.74, 6) is 0.836. The maximum Gasteiger partial charge on any atom is 0.276 e. The lowest BCUT2D eigenvalue weighted by atomic mass is 9.92. The van der Waals surface area contributed by atoms with Crippen LogP contribution in [0.15, 0.2) is 30.5 Å². The van der Waals surface area contributed by atoms with Crippen LogP contribution in [-0.2, 0) is 6.42 Å². The topological polar surface area (TPSA) is 89.5 Å². The molecule has 3 heterocycles. The van der Waals surface area contributed by atoms with Gasteiger partial charge >= 0.3 is 0 Å². The number of nitrogens with zero attached hydrogens (tertiary/aromatic N) is 5. The number of piperidine rings is 1. The van der Waals surface area contributed by atoms with Crippen molar-refractivity contribution < 1.29 is 9.53 Å². The van der Waals surface area contributed by atoms with Crippen LogP contribution < -0.4 is 10.5 Å². The first-order chi connectivity index (χ1) is 17.7. The minimum absolute atomic E-state index is 0.0497. The van der Waals surface area contributed by atoms with Crippen molar-refractivity contribution in [3.05, 3.63) is 41.7 Å². The third kappa shape index (κ3) is 6.45. The Labute approximate surface area is 215 Å². The molecule has 196 valence electrons. The fourth-order valence-electron chi connectivity index (χ4n) is 6.09.